The van der Waals surface area contributed by atoms with E-state index in [0.29, 0.717) is 12.5 Å². The molecular weight excluding hydrogens is 266 g/mol. The smallest absolute Gasteiger partial charge is 0.118 e. The van der Waals surface area contributed by atoms with Gasteiger partial charge in [-0.25, -0.2) is 0 Å². The van der Waals surface area contributed by atoms with Crippen molar-refractivity contribution in [2.24, 2.45) is 5.92 Å². The second-order valence-electron chi connectivity index (χ2n) is 6.69. The molecular formula is C17H27NO3. The zero-order valence-electron chi connectivity index (χ0n) is 13.0. The number of rotatable bonds is 4. The van der Waals surface area contributed by atoms with Gasteiger partial charge in [-0.05, 0) is 57.1 Å². The van der Waals surface area contributed by atoms with Crippen molar-refractivity contribution in [3.63, 3.8) is 0 Å². The molecule has 0 bridgehead atoms. The SMILES string of the molecule is Cc1ccc(CN2CCC3(CC2)CC(CCO)CCO3)o1. The van der Waals surface area contributed by atoms with Gasteiger partial charge in [0.2, 0.25) is 0 Å². The molecule has 118 valence electrons. The highest BCUT2D eigenvalue weighted by Crippen LogP contribution is 2.38. The summed E-state index contributed by atoms with van der Waals surface area (Å²) >= 11 is 0. The van der Waals surface area contributed by atoms with E-state index in [1.807, 2.05) is 13.0 Å². The first-order valence-electron chi connectivity index (χ1n) is 8.22. The van der Waals surface area contributed by atoms with E-state index in [1.54, 1.807) is 0 Å². The van der Waals surface area contributed by atoms with E-state index in [4.69, 9.17) is 14.3 Å². The third-order valence-corrected chi connectivity index (χ3v) is 5.08. The van der Waals surface area contributed by atoms with Crippen molar-refractivity contribution in [2.45, 2.75) is 51.2 Å². The van der Waals surface area contributed by atoms with Crippen LogP contribution in [0.1, 0.15) is 43.6 Å². The number of piperidine rings is 1. The summed E-state index contributed by atoms with van der Waals surface area (Å²) in [5.74, 6) is 2.69. The van der Waals surface area contributed by atoms with Crippen LogP contribution in [0.5, 0.6) is 0 Å². The molecule has 1 atom stereocenters. The fraction of sp³-hybridized carbons (Fsp3) is 0.765. The van der Waals surface area contributed by atoms with Crippen LogP contribution in [0.25, 0.3) is 0 Å². The van der Waals surface area contributed by atoms with Gasteiger partial charge in [0.1, 0.15) is 11.5 Å². The molecule has 1 N–H and O–H groups in total. The van der Waals surface area contributed by atoms with Crippen molar-refractivity contribution < 1.29 is 14.3 Å². The molecule has 0 aromatic carbocycles. The van der Waals surface area contributed by atoms with Crippen LogP contribution >= 0.6 is 0 Å². The second kappa shape index (κ2) is 6.51. The Balaban J connectivity index is 1.52. The molecule has 2 aliphatic heterocycles. The number of furan rings is 1. The first-order valence-corrected chi connectivity index (χ1v) is 8.22. The Kier molecular flexibility index (Phi) is 4.67. The van der Waals surface area contributed by atoms with Gasteiger partial charge in [0.15, 0.2) is 0 Å². The van der Waals surface area contributed by atoms with Crippen LogP contribution in [-0.4, -0.2) is 41.9 Å². The van der Waals surface area contributed by atoms with Gasteiger partial charge in [0, 0.05) is 26.3 Å². The number of hydrogen-bond donors (Lipinski definition) is 1. The summed E-state index contributed by atoms with van der Waals surface area (Å²) in [6, 6.07) is 4.11. The summed E-state index contributed by atoms with van der Waals surface area (Å²) in [6.45, 7) is 6.22. The summed E-state index contributed by atoms with van der Waals surface area (Å²) in [4.78, 5) is 2.46. The number of ether oxygens (including phenoxy) is 1. The first-order chi connectivity index (χ1) is 10.2. The summed E-state index contributed by atoms with van der Waals surface area (Å²) < 4.78 is 11.8. The molecule has 2 saturated heterocycles. The molecule has 1 aromatic heterocycles. The van der Waals surface area contributed by atoms with Gasteiger partial charge >= 0.3 is 0 Å². The minimum Gasteiger partial charge on any atom is -0.465 e. The minimum absolute atomic E-state index is 0.0771. The van der Waals surface area contributed by atoms with Crippen LogP contribution in [0.3, 0.4) is 0 Å². The molecule has 0 amide bonds. The Morgan fingerprint density at radius 1 is 1.33 bits per heavy atom. The van der Waals surface area contributed by atoms with Crippen molar-refractivity contribution >= 4 is 0 Å². The van der Waals surface area contributed by atoms with Gasteiger partial charge < -0.3 is 14.3 Å². The van der Waals surface area contributed by atoms with Crippen LogP contribution < -0.4 is 0 Å². The molecule has 4 nitrogen and oxygen atoms in total. The molecule has 0 radical (unpaired) electrons. The third kappa shape index (κ3) is 3.68. The largest absolute Gasteiger partial charge is 0.465 e. The van der Waals surface area contributed by atoms with E-state index in [2.05, 4.69) is 11.0 Å². The maximum atomic E-state index is 9.15. The lowest BCUT2D eigenvalue weighted by Crippen LogP contribution is -2.49. The Labute approximate surface area is 127 Å². The Bertz CT molecular complexity index is 447. The number of nitrogens with zero attached hydrogens (tertiary/aromatic N) is 1. The number of likely N-dealkylation sites (tertiary alicyclic amines) is 1. The van der Waals surface area contributed by atoms with Crippen LogP contribution in [-0.2, 0) is 11.3 Å². The van der Waals surface area contributed by atoms with Crippen molar-refractivity contribution in [2.75, 3.05) is 26.3 Å². The van der Waals surface area contributed by atoms with Crippen molar-refractivity contribution in [1.29, 1.82) is 0 Å². The third-order valence-electron chi connectivity index (χ3n) is 5.08. The van der Waals surface area contributed by atoms with Crippen LogP contribution in [0.15, 0.2) is 16.5 Å². The van der Waals surface area contributed by atoms with Crippen molar-refractivity contribution in [3.05, 3.63) is 23.7 Å². The average Bonchev–Trinajstić information content (AvgIpc) is 2.88. The van der Waals surface area contributed by atoms with E-state index < -0.39 is 0 Å². The highest BCUT2D eigenvalue weighted by molar-refractivity contribution is 5.06. The van der Waals surface area contributed by atoms with E-state index in [-0.39, 0.29) is 5.60 Å². The summed E-state index contributed by atoms with van der Waals surface area (Å²) in [6.07, 6.45) is 5.38. The number of aliphatic hydroxyl groups excluding tert-OH is 1. The first kappa shape index (κ1) is 15.1. The van der Waals surface area contributed by atoms with Gasteiger partial charge in [-0.15, -0.1) is 0 Å². The predicted octanol–water partition coefficient (Wildman–Crippen LogP) is 2.73. The maximum absolute atomic E-state index is 9.15. The van der Waals surface area contributed by atoms with E-state index in [1.165, 1.54) is 0 Å². The Morgan fingerprint density at radius 2 is 2.14 bits per heavy atom. The van der Waals surface area contributed by atoms with Crippen molar-refractivity contribution in [3.8, 4) is 0 Å². The molecule has 4 heteroatoms. The topological polar surface area (TPSA) is 45.8 Å². The molecule has 3 heterocycles. The van der Waals surface area contributed by atoms with E-state index in [0.717, 1.165) is 69.9 Å². The number of aliphatic hydroxyl groups is 1. The molecule has 2 aliphatic rings. The summed E-state index contributed by atoms with van der Waals surface area (Å²) in [5.41, 5.74) is 0.0771. The molecule has 1 unspecified atom stereocenters. The Hall–Kier alpha value is -0.840. The molecule has 2 fully saturated rings. The van der Waals surface area contributed by atoms with Gasteiger partial charge in [0.05, 0.1) is 12.1 Å². The monoisotopic (exact) mass is 293 g/mol. The lowest BCUT2D eigenvalue weighted by molar-refractivity contribution is -0.130. The molecule has 0 saturated carbocycles. The zero-order chi connectivity index (χ0) is 14.7. The molecule has 1 spiro atoms. The molecule has 0 aliphatic carbocycles. The molecule has 3 rings (SSSR count). The predicted molar refractivity (Wildman–Crippen MR) is 81.1 cm³/mol. The fourth-order valence-electron chi connectivity index (χ4n) is 3.82. The van der Waals surface area contributed by atoms with Gasteiger partial charge in [-0.3, -0.25) is 4.90 Å². The van der Waals surface area contributed by atoms with Crippen molar-refractivity contribution in [1.82, 2.24) is 4.90 Å². The molecule has 21 heavy (non-hydrogen) atoms. The average molecular weight is 293 g/mol. The summed E-state index contributed by atoms with van der Waals surface area (Å²) in [7, 11) is 0. The minimum atomic E-state index is 0.0771. The normalized spacial score (nSPS) is 26.3. The zero-order valence-corrected chi connectivity index (χ0v) is 13.0. The highest BCUT2D eigenvalue weighted by Gasteiger charge is 2.40. The lowest BCUT2D eigenvalue weighted by Gasteiger charge is -2.46. The number of aryl methyl sites for hydroxylation is 1. The van der Waals surface area contributed by atoms with Crippen LogP contribution in [0.4, 0.5) is 0 Å². The second-order valence-corrected chi connectivity index (χ2v) is 6.69. The van der Waals surface area contributed by atoms with E-state index in [9.17, 15) is 0 Å². The number of hydrogen-bond acceptors (Lipinski definition) is 4. The fourth-order valence-corrected chi connectivity index (χ4v) is 3.82. The van der Waals surface area contributed by atoms with Crippen LogP contribution in [0.2, 0.25) is 0 Å². The lowest BCUT2D eigenvalue weighted by atomic mass is 9.78. The maximum Gasteiger partial charge on any atom is 0.118 e. The highest BCUT2D eigenvalue weighted by atomic mass is 16.5. The Morgan fingerprint density at radius 3 is 2.81 bits per heavy atom. The van der Waals surface area contributed by atoms with Gasteiger partial charge in [-0.2, -0.15) is 0 Å². The van der Waals surface area contributed by atoms with Crippen LogP contribution in [0, 0.1) is 12.8 Å². The quantitative estimate of drug-likeness (QED) is 0.927. The van der Waals surface area contributed by atoms with E-state index >= 15 is 0 Å². The van der Waals surface area contributed by atoms with Gasteiger partial charge in [0.25, 0.3) is 0 Å². The standard InChI is InChI=1S/C17H27NO3/c1-14-2-3-16(21-14)13-18-8-6-17(7-9-18)12-15(4-10-19)5-11-20-17/h2-3,15,19H,4-13H2,1H3. The van der Waals surface area contributed by atoms with Gasteiger partial charge in [-0.1, -0.05) is 0 Å². The summed E-state index contributed by atoms with van der Waals surface area (Å²) in [5, 5.41) is 9.15. The molecule has 1 aromatic rings.